The molecule has 5 rings (SSSR count). The zero-order valence-corrected chi connectivity index (χ0v) is 23.5. The molecule has 0 bridgehead atoms. The normalized spacial score (nSPS) is 17.0. The maximum atomic E-state index is 14.9. The Morgan fingerprint density at radius 3 is 2.45 bits per heavy atom. The predicted molar refractivity (Wildman–Crippen MR) is 151 cm³/mol. The highest BCUT2D eigenvalue weighted by molar-refractivity contribution is 9.10. The van der Waals surface area contributed by atoms with Crippen LogP contribution in [-0.4, -0.2) is 29.1 Å². The van der Waals surface area contributed by atoms with Crippen LogP contribution in [0, 0.1) is 17.0 Å². The average Bonchev–Trinajstić information content (AvgIpc) is 3.43. The van der Waals surface area contributed by atoms with Crippen molar-refractivity contribution in [1.29, 1.82) is 0 Å². The van der Waals surface area contributed by atoms with E-state index in [1.807, 2.05) is 78.9 Å². The number of methoxy groups -OCH3 is 1. The fourth-order valence-electron chi connectivity index (χ4n) is 5.64. The molecular formula is C30H26BrN3O6. The van der Waals surface area contributed by atoms with Crippen LogP contribution >= 0.6 is 15.9 Å². The summed E-state index contributed by atoms with van der Waals surface area (Å²) in [6, 6.07) is 24.3. The van der Waals surface area contributed by atoms with Crippen LogP contribution in [0.15, 0.2) is 87.9 Å². The monoisotopic (exact) mass is 603 g/mol. The van der Waals surface area contributed by atoms with E-state index in [1.54, 1.807) is 4.90 Å². The molecule has 0 N–H and O–H groups in total. The molecule has 1 aliphatic heterocycles. The molecule has 10 heteroatoms. The van der Waals surface area contributed by atoms with Gasteiger partial charge in [-0.15, -0.1) is 0 Å². The molecule has 4 aromatic rings. The first kappa shape index (κ1) is 27.3. The van der Waals surface area contributed by atoms with Crippen LogP contribution in [0.2, 0.25) is 0 Å². The van der Waals surface area contributed by atoms with Crippen molar-refractivity contribution in [2.24, 2.45) is 0 Å². The number of benzene rings is 3. The van der Waals surface area contributed by atoms with Crippen LogP contribution in [0.3, 0.4) is 0 Å². The van der Waals surface area contributed by atoms with E-state index in [4.69, 9.17) is 9.26 Å². The van der Waals surface area contributed by atoms with Crippen molar-refractivity contribution in [3.8, 4) is 0 Å². The molecule has 1 amide bonds. The number of nitrogens with zero attached hydrogens (tertiary/aromatic N) is 3. The first-order valence-corrected chi connectivity index (χ1v) is 13.4. The van der Waals surface area contributed by atoms with Crippen molar-refractivity contribution in [2.45, 2.75) is 37.6 Å². The van der Waals surface area contributed by atoms with Gasteiger partial charge in [-0.2, -0.15) is 0 Å². The zero-order valence-electron chi connectivity index (χ0n) is 21.9. The largest absolute Gasteiger partial charge is 0.469 e. The number of nitro groups is 1. The maximum Gasteiger partial charge on any atom is 0.334 e. The summed E-state index contributed by atoms with van der Waals surface area (Å²) in [4.78, 5) is 40.9. The molecule has 0 saturated heterocycles. The minimum absolute atomic E-state index is 0.0285. The third-order valence-electron chi connectivity index (χ3n) is 7.47. The highest BCUT2D eigenvalue weighted by Gasteiger charge is 2.57. The van der Waals surface area contributed by atoms with Crippen molar-refractivity contribution < 1.29 is 23.8 Å². The number of ether oxygens (including phenoxy) is 1. The number of hydrogen-bond acceptors (Lipinski definition) is 7. The summed E-state index contributed by atoms with van der Waals surface area (Å²) in [5.74, 6) is -1.58. The molecule has 0 aliphatic carbocycles. The Hall–Kier alpha value is -4.31. The Kier molecular flexibility index (Phi) is 7.53. The Bertz CT molecular complexity index is 1570. The third kappa shape index (κ3) is 4.79. The number of para-hydroxylation sites is 1. The summed E-state index contributed by atoms with van der Waals surface area (Å²) in [5.41, 5.74) is 1.33. The quantitative estimate of drug-likeness (QED) is 0.130. The van der Waals surface area contributed by atoms with E-state index in [1.165, 1.54) is 14.0 Å². The average molecular weight is 604 g/mol. The molecule has 40 heavy (non-hydrogen) atoms. The van der Waals surface area contributed by atoms with E-state index in [-0.39, 0.29) is 42.4 Å². The predicted octanol–water partition coefficient (Wildman–Crippen LogP) is 6.03. The molecule has 2 heterocycles. The summed E-state index contributed by atoms with van der Waals surface area (Å²) >= 11 is 3.46. The minimum Gasteiger partial charge on any atom is -0.469 e. The summed E-state index contributed by atoms with van der Waals surface area (Å²) in [6.07, 6.45) is -0.318. The summed E-state index contributed by atoms with van der Waals surface area (Å²) in [5, 5.41) is 15.9. The molecule has 0 saturated carbocycles. The van der Waals surface area contributed by atoms with Crippen LogP contribution in [0.25, 0.3) is 0 Å². The fraction of sp³-hybridized carbons (Fsp3) is 0.233. The Balaban J connectivity index is 1.77. The highest BCUT2D eigenvalue weighted by atomic mass is 79.9. The van der Waals surface area contributed by atoms with Gasteiger partial charge in [0.15, 0.2) is 5.69 Å². The molecule has 9 nitrogen and oxygen atoms in total. The van der Waals surface area contributed by atoms with Crippen LogP contribution in [-0.2, 0) is 32.7 Å². The van der Waals surface area contributed by atoms with Crippen molar-refractivity contribution in [3.05, 3.63) is 122 Å². The number of fused-ring (bicyclic) bond motifs is 1. The SMILES string of the molecule is COC(=O)C[C@H](c1ccc(Br)cc1)[C@]1(Cc2onc(C)c2[N+](=O)[O-])C(=O)N(Cc2ccccc2)c2ccccc21. The fourth-order valence-corrected chi connectivity index (χ4v) is 5.91. The molecule has 0 fully saturated rings. The van der Waals surface area contributed by atoms with Crippen molar-refractivity contribution in [2.75, 3.05) is 12.0 Å². The molecular weight excluding hydrogens is 578 g/mol. The van der Waals surface area contributed by atoms with E-state index >= 15 is 0 Å². The van der Waals surface area contributed by atoms with Crippen molar-refractivity contribution >= 4 is 39.2 Å². The lowest BCUT2D eigenvalue weighted by Gasteiger charge is -2.36. The van der Waals surface area contributed by atoms with E-state index < -0.39 is 22.2 Å². The molecule has 2 atom stereocenters. The van der Waals surface area contributed by atoms with Crippen LogP contribution in [0.5, 0.6) is 0 Å². The maximum absolute atomic E-state index is 14.9. The zero-order chi connectivity index (χ0) is 28.4. The van der Waals surface area contributed by atoms with Crippen LogP contribution in [0.4, 0.5) is 11.4 Å². The van der Waals surface area contributed by atoms with Gasteiger partial charge in [0.1, 0.15) is 0 Å². The molecule has 1 aromatic heterocycles. The van der Waals surface area contributed by atoms with Gasteiger partial charge in [0.2, 0.25) is 11.7 Å². The highest BCUT2D eigenvalue weighted by Crippen LogP contribution is 2.54. The van der Waals surface area contributed by atoms with Gasteiger partial charge in [-0.05, 0) is 41.8 Å². The van der Waals surface area contributed by atoms with Crippen LogP contribution in [0.1, 0.15) is 40.5 Å². The van der Waals surface area contributed by atoms with Gasteiger partial charge in [0, 0.05) is 22.5 Å². The van der Waals surface area contributed by atoms with Gasteiger partial charge in [0.25, 0.3) is 0 Å². The Labute approximate surface area is 239 Å². The first-order chi connectivity index (χ1) is 19.3. The molecule has 204 valence electrons. The number of esters is 1. The lowest BCUT2D eigenvalue weighted by atomic mass is 9.64. The Morgan fingerprint density at radius 2 is 1.77 bits per heavy atom. The second-order valence-electron chi connectivity index (χ2n) is 9.72. The van der Waals surface area contributed by atoms with Gasteiger partial charge in [-0.1, -0.05) is 81.8 Å². The number of aromatic nitrogens is 1. The second-order valence-corrected chi connectivity index (χ2v) is 10.6. The molecule has 0 spiro atoms. The lowest BCUT2D eigenvalue weighted by Crippen LogP contribution is -2.47. The third-order valence-corrected chi connectivity index (χ3v) is 8.00. The molecule has 3 aromatic carbocycles. The minimum atomic E-state index is -1.44. The topological polar surface area (TPSA) is 116 Å². The number of aryl methyl sites for hydroxylation is 1. The number of hydrogen-bond donors (Lipinski definition) is 0. The standard InChI is InChI=1S/C30H26BrN3O6/c1-19-28(34(37)38)26(40-32-19)17-30(24(16-27(35)39-2)21-12-14-22(31)15-13-21)23-10-6-7-11-25(23)33(29(30)36)18-20-8-4-3-5-9-20/h3-15,24H,16-18H2,1-2H3/t24-,30-/m1/s1. The van der Waals surface area contributed by atoms with E-state index in [0.717, 1.165) is 10.0 Å². The van der Waals surface area contributed by atoms with Crippen LogP contribution < -0.4 is 4.90 Å². The molecule has 1 aliphatic rings. The summed E-state index contributed by atoms with van der Waals surface area (Å²) in [7, 11) is 1.30. The number of rotatable bonds is 9. The van der Waals surface area contributed by atoms with E-state index in [9.17, 15) is 19.7 Å². The van der Waals surface area contributed by atoms with Gasteiger partial charge >= 0.3 is 11.7 Å². The Morgan fingerprint density at radius 1 is 1.10 bits per heavy atom. The van der Waals surface area contributed by atoms with Gasteiger partial charge in [-0.25, -0.2) is 0 Å². The molecule has 0 radical (unpaired) electrons. The lowest BCUT2D eigenvalue weighted by molar-refractivity contribution is -0.386. The number of carbonyl (C=O) groups is 2. The van der Waals surface area contributed by atoms with Crippen molar-refractivity contribution in [3.63, 3.8) is 0 Å². The first-order valence-electron chi connectivity index (χ1n) is 12.6. The molecule has 0 unspecified atom stereocenters. The van der Waals surface area contributed by atoms with Gasteiger partial charge in [0.05, 0.1) is 30.4 Å². The summed E-state index contributed by atoms with van der Waals surface area (Å²) < 4.78 is 11.4. The smallest absolute Gasteiger partial charge is 0.334 e. The number of amides is 1. The summed E-state index contributed by atoms with van der Waals surface area (Å²) in [6.45, 7) is 1.77. The van der Waals surface area contributed by atoms with E-state index in [2.05, 4.69) is 21.1 Å². The number of carbonyl (C=O) groups excluding carboxylic acids is 2. The van der Waals surface area contributed by atoms with Crippen molar-refractivity contribution in [1.82, 2.24) is 5.16 Å². The number of anilines is 1. The van der Waals surface area contributed by atoms with Gasteiger partial charge < -0.3 is 14.2 Å². The van der Waals surface area contributed by atoms with Gasteiger partial charge in [-0.3, -0.25) is 19.7 Å². The van der Waals surface area contributed by atoms with E-state index in [0.29, 0.717) is 16.8 Å². The second kappa shape index (κ2) is 11.1. The number of halogens is 1.